The summed E-state index contributed by atoms with van der Waals surface area (Å²) >= 11 is 0. The summed E-state index contributed by atoms with van der Waals surface area (Å²) in [5.74, 6) is 1.18. The number of ketones is 1. The Bertz CT molecular complexity index is 2620. The van der Waals surface area contributed by atoms with E-state index < -0.39 is 11.0 Å². The maximum absolute atomic E-state index is 14.2. The van der Waals surface area contributed by atoms with E-state index in [0.717, 1.165) is 115 Å². The quantitative estimate of drug-likeness (QED) is 0.0339. The molecule has 0 fully saturated rings. The molecule has 5 aromatic carbocycles. The number of anilines is 1. The third kappa shape index (κ3) is 9.14. The van der Waals surface area contributed by atoms with Gasteiger partial charge in [-0.05, 0) is 98.2 Å². The fraction of sp³-hybridized carbons (Fsp3) is 0.356. The number of aliphatic hydroxyl groups excluding tert-OH is 1. The Morgan fingerprint density at radius 2 is 1.21 bits per heavy atom. The molecular formula is C59H66N2O6. The Morgan fingerprint density at radius 3 is 1.85 bits per heavy atom. The van der Waals surface area contributed by atoms with E-state index in [1.807, 2.05) is 42.5 Å². The van der Waals surface area contributed by atoms with Gasteiger partial charge in [-0.3, -0.25) is 4.79 Å². The number of fused-ring (bicyclic) bond motifs is 2. The molecule has 1 N–H and O–H groups in total. The van der Waals surface area contributed by atoms with Crippen LogP contribution in [0.1, 0.15) is 107 Å². The highest BCUT2D eigenvalue weighted by molar-refractivity contribution is 6.24. The number of aliphatic hydroxyl groups is 1. The minimum atomic E-state index is -0.856. The van der Waals surface area contributed by atoms with E-state index in [-0.39, 0.29) is 34.7 Å². The predicted molar refractivity (Wildman–Crippen MR) is 267 cm³/mol. The van der Waals surface area contributed by atoms with Gasteiger partial charge < -0.3 is 29.3 Å². The van der Waals surface area contributed by atoms with Gasteiger partial charge >= 0.3 is 0 Å². The molecule has 0 spiro atoms. The van der Waals surface area contributed by atoms with Crippen LogP contribution >= 0.6 is 0 Å². The van der Waals surface area contributed by atoms with Crippen molar-refractivity contribution < 1.29 is 33.8 Å². The molecule has 1 aliphatic carbocycles. The van der Waals surface area contributed by atoms with E-state index in [4.69, 9.17) is 14.2 Å². The lowest BCUT2D eigenvalue weighted by atomic mass is 9.77. The highest BCUT2D eigenvalue weighted by Crippen LogP contribution is 2.49. The van der Waals surface area contributed by atoms with Crippen molar-refractivity contribution in [3.05, 3.63) is 190 Å². The van der Waals surface area contributed by atoms with E-state index in [1.165, 1.54) is 11.1 Å². The predicted octanol–water partition coefficient (Wildman–Crippen LogP) is 11.0. The van der Waals surface area contributed by atoms with Crippen LogP contribution < -0.4 is 19.5 Å². The lowest BCUT2D eigenvalue weighted by Crippen LogP contribution is -2.35. The maximum Gasteiger partial charge on any atom is 0.209 e. The lowest BCUT2D eigenvalue weighted by Gasteiger charge is -2.36. The molecule has 0 amide bonds. The first kappa shape index (κ1) is 47.3. The molecule has 348 valence electrons. The summed E-state index contributed by atoms with van der Waals surface area (Å²) in [6.07, 6.45) is 11.2. The number of unbranched alkanes of at least 4 members (excludes halogenated alkanes) is 6. The molecule has 8 heteroatoms. The number of hydrogen-bond acceptors (Lipinski definition) is 7. The standard InChI is InChI=1S/C59H66N2O6/c1-57(2)49-24-14-16-26-51(49)60(36-18-7-9-20-38-62)53(57)40-47-55(63)48(56(47)64)41-54-58(3,4)50-25-15-17-27-52(50)61(54)37-19-8-10-21-39-67-59(42-22-12-11-13-23-42,43-28-32-45(65-5)33-29-43)44-30-34-46(66-6)35-31-44/h11-17,22-35,40-41,62H,7-10,18-21,36-39H2,1-6H3. The number of allylic oxidation sites excluding steroid dienone is 5. The smallest absolute Gasteiger partial charge is 0.209 e. The molecule has 2 heterocycles. The Labute approximate surface area is 397 Å². The van der Waals surface area contributed by atoms with Crippen LogP contribution in [0, 0.1) is 0 Å². The van der Waals surface area contributed by atoms with Gasteiger partial charge in [-0.25, -0.2) is 0 Å². The number of carbonyl (C=O) groups excluding carboxylic acids is 1. The summed E-state index contributed by atoms with van der Waals surface area (Å²) < 4.78 is 20.5. The first-order chi connectivity index (χ1) is 32.5. The van der Waals surface area contributed by atoms with E-state index >= 15 is 0 Å². The summed E-state index contributed by atoms with van der Waals surface area (Å²) in [7, 11) is 3.36. The van der Waals surface area contributed by atoms with Crippen molar-refractivity contribution in [2.24, 2.45) is 0 Å². The topological polar surface area (TPSA) is 94.3 Å². The third-order valence-electron chi connectivity index (χ3n) is 14.2. The fourth-order valence-corrected chi connectivity index (χ4v) is 10.4. The van der Waals surface area contributed by atoms with Crippen molar-refractivity contribution in [1.82, 2.24) is 0 Å². The molecule has 67 heavy (non-hydrogen) atoms. The zero-order valence-electron chi connectivity index (χ0n) is 40.1. The van der Waals surface area contributed by atoms with Gasteiger partial charge in [-0.1, -0.05) is 130 Å². The molecule has 0 bridgehead atoms. The molecule has 8 rings (SSSR count). The summed E-state index contributed by atoms with van der Waals surface area (Å²) in [5, 5.41) is 23.5. The molecule has 0 aromatic heterocycles. The normalized spacial score (nSPS) is 17.3. The second-order valence-electron chi connectivity index (χ2n) is 19.0. The van der Waals surface area contributed by atoms with Crippen LogP contribution in [-0.4, -0.2) is 61.7 Å². The van der Waals surface area contributed by atoms with Gasteiger partial charge in [0.05, 0.1) is 19.6 Å². The van der Waals surface area contributed by atoms with Crippen LogP contribution in [0.4, 0.5) is 11.4 Å². The Morgan fingerprint density at radius 1 is 0.642 bits per heavy atom. The summed E-state index contributed by atoms with van der Waals surface area (Å²) in [5.41, 5.74) is 8.53. The van der Waals surface area contributed by atoms with E-state index in [9.17, 15) is 15.0 Å². The Balaban J connectivity index is 0.993. The highest BCUT2D eigenvalue weighted by Gasteiger charge is 2.46. The molecule has 0 saturated heterocycles. The van der Waals surface area contributed by atoms with Crippen LogP contribution in [0.2, 0.25) is 0 Å². The van der Waals surface area contributed by atoms with Crippen molar-refractivity contribution in [3.8, 4) is 11.5 Å². The van der Waals surface area contributed by atoms with Crippen LogP contribution in [-0.2, 0) is 26.0 Å². The van der Waals surface area contributed by atoms with E-state index in [2.05, 4.69) is 134 Å². The number of Topliss-reactive ketones (excluding diaryl/α,β-unsaturated/α-hetero) is 1. The number of carbonyl (C=O) groups is 1. The summed E-state index contributed by atoms with van der Waals surface area (Å²) in [6.45, 7) is 11.0. The maximum atomic E-state index is 14.2. The lowest BCUT2D eigenvalue weighted by molar-refractivity contribution is -0.438. The van der Waals surface area contributed by atoms with E-state index in [1.54, 1.807) is 14.2 Å². The minimum absolute atomic E-state index is 0.192. The second-order valence-corrected chi connectivity index (χ2v) is 19.0. The fourth-order valence-electron chi connectivity index (χ4n) is 10.4. The minimum Gasteiger partial charge on any atom is -0.871 e. The molecule has 8 nitrogen and oxygen atoms in total. The molecule has 0 saturated carbocycles. The summed E-state index contributed by atoms with van der Waals surface area (Å²) in [6, 6.07) is 43.5. The van der Waals surface area contributed by atoms with Gasteiger partial charge in [-0.15, -0.1) is 0 Å². The molecule has 0 unspecified atom stereocenters. The van der Waals surface area contributed by atoms with Crippen molar-refractivity contribution in [1.29, 1.82) is 0 Å². The molecule has 0 radical (unpaired) electrons. The highest BCUT2D eigenvalue weighted by atomic mass is 16.5. The number of para-hydroxylation sites is 2. The number of hydrogen-bond donors (Lipinski definition) is 1. The zero-order valence-corrected chi connectivity index (χ0v) is 40.1. The van der Waals surface area contributed by atoms with Crippen molar-refractivity contribution in [3.63, 3.8) is 0 Å². The molecule has 3 aliphatic rings. The number of rotatable bonds is 21. The van der Waals surface area contributed by atoms with Crippen molar-refractivity contribution in [2.75, 3.05) is 45.4 Å². The average molecular weight is 899 g/mol. The zero-order chi connectivity index (χ0) is 47.2. The number of benzene rings is 5. The number of nitrogens with zero attached hydrogens (tertiary/aromatic N) is 2. The third-order valence-corrected chi connectivity index (χ3v) is 14.2. The van der Waals surface area contributed by atoms with Crippen LogP contribution in [0.5, 0.6) is 11.5 Å². The largest absolute Gasteiger partial charge is 0.871 e. The Kier molecular flexibility index (Phi) is 14.4. The van der Waals surface area contributed by atoms with Gasteiger partial charge in [0.2, 0.25) is 5.69 Å². The molecule has 5 aromatic rings. The van der Waals surface area contributed by atoms with Crippen LogP contribution in [0.25, 0.3) is 0 Å². The average Bonchev–Trinajstić information content (AvgIpc) is 3.71. The monoisotopic (exact) mass is 898 g/mol. The SMILES string of the molecule is COc1ccc(C(OCCCCCCN2/C(=C/C3=C([O-])C(=C\C4=[N+](CCCCCCO)c5ccccc5C4(C)C)/C3=O)C(C)(C)c3ccccc32)(c2ccccc2)c2ccc(OC)cc2)cc1. The molecule has 2 aliphatic heterocycles. The second kappa shape index (κ2) is 20.3. The molecule has 0 atom stereocenters. The van der Waals surface area contributed by atoms with Crippen molar-refractivity contribution in [2.45, 2.75) is 95.5 Å². The van der Waals surface area contributed by atoms with Gasteiger partial charge in [0.1, 0.15) is 23.6 Å². The number of methoxy groups -OCH3 is 2. The number of ether oxygens (including phenoxy) is 3. The Hall–Kier alpha value is -6.22. The first-order valence-electron chi connectivity index (χ1n) is 24.1. The molecular weight excluding hydrogens is 833 g/mol. The van der Waals surface area contributed by atoms with Gasteiger partial charge in [0.15, 0.2) is 11.5 Å². The van der Waals surface area contributed by atoms with Crippen molar-refractivity contribution >= 4 is 22.9 Å². The van der Waals surface area contributed by atoms with E-state index in [0.29, 0.717) is 6.61 Å². The first-order valence-corrected chi connectivity index (χ1v) is 24.1. The van der Waals surface area contributed by atoms with Gasteiger partial charge in [0.25, 0.3) is 0 Å². The van der Waals surface area contributed by atoms with Gasteiger partial charge in [-0.2, -0.15) is 4.58 Å². The van der Waals surface area contributed by atoms with Gasteiger partial charge in [0, 0.05) is 71.8 Å². The van der Waals surface area contributed by atoms with Crippen LogP contribution in [0.15, 0.2) is 162 Å². The van der Waals surface area contributed by atoms with Crippen LogP contribution in [0.3, 0.4) is 0 Å². The summed E-state index contributed by atoms with van der Waals surface area (Å²) in [4.78, 5) is 16.5.